The maximum Gasteiger partial charge on any atom is 0.275 e. The third-order valence-electron chi connectivity index (χ3n) is 2.44. The number of hydrogen-bond donors (Lipinski definition) is 2. The van der Waals surface area contributed by atoms with Gasteiger partial charge >= 0.3 is 0 Å². The molecule has 0 saturated heterocycles. The van der Waals surface area contributed by atoms with E-state index < -0.39 is 0 Å². The van der Waals surface area contributed by atoms with Crippen molar-refractivity contribution in [2.75, 3.05) is 0 Å². The fourth-order valence-electron chi connectivity index (χ4n) is 1.67. The molecular weight excluding hydrogens is 190 g/mol. The molecule has 0 fully saturated rings. The molecule has 0 unspecified atom stereocenters. The lowest BCUT2D eigenvalue weighted by molar-refractivity contribution is 0.753. The van der Waals surface area contributed by atoms with Crippen LogP contribution in [0.1, 0.15) is 31.3 Å². The zero-order valence-corrected chi connectivity index (χ0v) is 9.05. The summed E-state index contributed by atoms with van der Waals surface area (Å²) in [5.74, 6) is 0.786. The fraction of sp³-hybridized carbons (Fsp3) is 0.455. The van der Waals surface area contributed by atoms with Gasteiger partial charge in [-0.25, -0.2) is 4.98 Å². The molecule has 2 rings (SSSR count). The highest BCUT2D eigenvalue weighted by molar-refractivity contribution is 5.74. The van der Waals surface area contributed by atoms with Crippen LogP contribution in [-0.4, -0.2) is 15.0 Å². The second-order valence-electron chi connectivity index (χ2n) is 3.83. The minimum absolute atomic E-state index is 0.0702. The van der Waals surface area contributed by atoms with Crippen LogP contribution in [-0.2, 0) is 6.42 Å². The van der Waals surface area contributed by atoms with Gasteiger partial charge in [-0.2, -0.15) is 0 Å². The molecule has 0 atom stereocenters. The van der Waals surface area contributed by atoms with E-state index in [0.29, 0.717) is 5.52 Å². The maximum absolute atomic E-state index is 11.6. The van der Waals surface area contributed by atoms with E-state index in [0.717, 1.165) is 36.3 Å². The number of fused-ring (bicyclic) bond motifs is 1. The first-order valence-corrected chi connectivity index (χ1v) is 5.29. The van der Waals surface area contributed by atoms with Crippen molar-refractivity contribution < 1.29 is 0 Å². The Labute approximate surface area is 87.7 Å². The van der Waals surface area contributed by atoms with E-state index in [4.69, 9.17) is 0 Å². The third-order valence-corrected chi connectivity index (χ3v) is 2.44. The molecule has 4 nitrogen and oxygen atoms in total. The Kier molecular flexibility index (Phi) is 2.58. The van der Waals surface area contributed by atoms with Gasteiger partial charge in [0.05, 0.1) is 5.52 Å². The molecule has 0 aliphatic carbocycles. The molecule has 0 bridgehead atoms. The van der Waals surface area contributed by atoms with Gasteiger partial charge in [0.25, 0.3) is 5.56 Å². The predicted octanol–water partition coefficient (Wildman–Crippen LogP) is 1.90. The zero-order valence-electron chi connectivity index (χ0n) is 9.05. The first-order valence-electron chi connectivity index (χ1n) is 5.29. The van der Waals surface area contributed by atoms with Crippen LogP contribution in [0.2, 0.25) is 0 Å². The van der Waals surface area contributed by atoms with Crippen LogP contribution < -0.4 is 5.56 Å². The van der Waals surface area contributed by atoms with Crippen LogP contribution in [0.5, 0.6) is 0 Å². The number of aromatic amines is 2. The molecule has 80 valence electrons. The quantitative estimate of drug-likeness (QED) is 0.804. The average Bonchev–Trinajstić information content (AvgIpc) is 2.56. The van der Waals surface area contributed by atoms with Crippen molar-refractivity contribution in [3.63, 3.8) is 0 Å². The summed E-state index contributed by atoms with van der Waals surface area (Å²) in [7, 11) is 0. The van der Waals surface area contributed by atoms with E-state index in [9.17, 15) is 4.79 Å². The maximum atomic E-state index is 11.6. The summed E-state index contributed by atoms with van der Waals surface area (Å²) in [5, 5.41) is 0. The second-order valence-corrected chi connectivity index (χ2v) is 3.83. The van der Waals surface area contributed by atoms with Crippen LogP contribution in [0.15, 0.2) is 10.9 Å². The molecule has 2 aromatic heterocycles. The third kappa shape index (κ3) is 1.93. The number of rotatable bonds is 3. The van der Waals surface area contributed by atoms with E-state index in [-0.39, 0.29) is 5.56 Å². The number of nitrogens with one attached hydrogen (secondary N) is 2. The van der Waals surface area contributed by atoms with Gasteiger partial charge in [-0.1, -0.05) is 13.3 Å². The van der Waals surface area contributed by atoms with E-state index in [1.165, 1.54) is 0 Å². The summed E-state index contributed by atoms with van der Waals surface area (Å²) in [4.78, 5) is 21.9. The largest absolute Gasteiger partial charge is 0.353 e. The summed E-state index contributed by atoms with van der Waals surface area (Å²) in [6.07, 6.45) is 3.00. The SMILES string of the molecule is CCCCc1nc2cc(C)[nH]c2c(=O)[nH]1. The van der Waals surface area contributed by atoms with Gasteiger partial charge in [-0.15, -0.1) is 0 Å². The van der Waals surface area contributed by atoms with Crippen LogP contribution in [0.25, 0.3) is 11.0 Å². The van der Waals surface area contributed by atoms with Crippen molar-refractivity contribution >= 4 is 11.0 Å². The standard InChI is InChI=1S/C11H15N3O/c1-3-4-5-9-13-8-6-7(2)12-10(8)11(15)14-9/h6,12H,3-5H2,1-2H3,(H,13,14,15). The van der Waals surface area contributed by atoms with Crippen molar-refractivity contribution in [3.05, 3.63) is 27.9 Å². The first-order chi connectivity index (χ1) is 7.20. The number of aromatic nitrogens is 3. The fourth-order valence-corrected chi connectivity index (χ4v) is 1.67. The van der Waals surface area contributed by atoms with Gasteiger partial charge in [0.15, 0.2) is 0 Å². The summed E-state index contributed by atoms with van der Waals surface area (Å²) >= 11 is 0. The van der Waals surface area contributed by atoms with Crippen LogP contribution in [0.4, 0.5) is 0 Å². The normalized spacial score (nSPS) is 11.1. The van der Waals surface area contributed by atoms with E-state index in [1.807, 2.05) is 13.0 Å². The Morgan fingerprint density at radius 3 is 2.93 bits per heavy atom. The lowest BCUT2D eigenvalue weighted by Gasteiger charge is -1.98. The smallest absolute Gasteiger partial charge is 0.275 e. The van der Waals surface area contributed by atoms with Gasteiger partial charge in [0.2, 0.25) is 0 Å². The summed E-state index contributed by atoms with van der Waals surface area (Å²) in [6, 6.07) is 1.90. The highest BCUT2D eigenvalue weighted by Gasteiger charge is 2.05. The molecule has 0 radical (unpaired) electrons. The Bertz CT molecular complexity index is 524. The monoisotopic (exact) mass is 205 g/mol. The van der Waals surface area contributed by atoms with Crippen molar-refractivity contribution in [3.8, 4) is 0 Å². The van der Waals surface area contributed by atoms with E-state index in [1.54, 1.807) is 0 Å². The molecule has 0 spiro atoms. The van der Waals surface area contributed by atoms with Crippen LogP contribution in [0, 0.1) is 6.92 Å². The van der Waals surface area contributed by atoms with Gasteiger partial charge in [0.1, 0.15) is 11.3 Å². The molecule has 0 amide bonds. The molecule has 4 heteroatoms. The Morgan fingerprint density at radius 1 is 1.40 bits per heavy atom. The number of nitrogens with zero attached hydrogens (tertiary/aromatic N) is 1. The van der Waals surface area contributed by atoms with Gasteiger partial charge < -0.3 is 9.97 Å². The van der Waals surface area contributed by atoms with Crippen molar-refractivity contribution in [2.24, 2.45) is 0 Å². The molecule has 0 aromatic carbocycles. The molecule has 15 heavy (non-hydrogen) atoms. The second kappa shape index (κ2) is 3.88. The lowest BCUT2D eigenvalue weighted by atomic mass is 10.2. The first kappa shape index (κ1) is 9.96. The minimum Gasteiger partial charge on any atom is -0.353 e. The number of H-pyrrole nitrogens is 2. The average molecular weight is 205 g/mol. The van der Waals surface area contributed by atoms with Gasteiger partial charge in [-0.3, -0.25) is 4.79 Å². The highest BCUT2D eigenvalue weighted by Crippen LogP contribution is 2.08. The van der Waals surface area contributed by atoms with Gasteiger partial charge in [-0.05, 0) is 19.4 Å². The molecule has 0 aliphatic heterocycles. The van der Waals surface area contributed by atoms with Gasteiger partial charge in [0, 0.05) is 12.1 Å². The molecule has 2 N–H and O–H groups in total. The Morgan fingerprint density at radius 2 is 2.20 bits per heavy atom. The number of unbranched alkanes of at least 4 members (excludes halogenated alkanes) is 1. The van der Waals surface area contributed by atoms with Crippen molar-refractivity contribution in [1.29, 1.82) is 0 Å². The summed E-state index contributed by atoms with van der Waals surface area (Å²) in [6.45, 7) is 4.05. The molecule has 0 aliphatic rings. The summed E-state index contributed by atoms with van der Waals surface area (Å²) in [5.41, 5.74) is 2.24. The Balaban J connectivity index is 2.47. The van der Waals surface area contributed by atoms with E-state index >= 15 is 0 Å². The predicted molar refractivity (Wildman–Crippen MR) is 60.1 cm³/mol. The summed E-state index contributed by atoms with van der Waals surface area (Å²) < 4.78 is 0. The molecule has 0 saturated carbocycles. The van der Waals surface area contributed by atoms with Crippen LogP contribution in [0.3, 0.4) is 0 Å². The molecule has 2 heterocycles. The topological polar surface area (TPSA) is 61.5 Å². The molecule has 2 aromatic rings. The number of hydrogen-bond acceptors (Lipinski definition) is 2. The van der Waals surface area contributed by atoms with Crippen LogP contribution >= 0.6 is 0 Å². The van der Waals surface area contributed by atoms with E-state index in [2.05, 4.69) is 21.9 Å². The zero-order chi connectivity index (χ0) is 10.8. The lowest BCUT2D eigenvalue weighted by Crippen LogP contribution is -2.11. The highest BCUT2D eigenvalue weighted by atomic mass is 16.1. The van der Waals surface area contributed by atoms with Crippen molar-refractivity contribution in [1.82, 2.24) is 15.0 Å². The number of aryl methyl sites for hydroxylation is 2. The Hall–Kier alpha value is -1.58. The molecular formula is C11H15N3O. The minimum atomic E-state index is -0.0702. The van der Waals surface area contributed by atoms with Crippen molar-refractivity contribution in [2.45, 2.75) is 33.1 Å².